The molecule has 0 aromatic heterocycles. The van der Waals surface area contributed by atoms with Crippen LogP contribution < -0.4 is 4.72 Å². The van der Waals surface area contributed by atoms with Crippen molar-refractivity contribution in [1.29, 1.82) is 0 Å². The molecule has 0 unspecified atom stereocenters. The molecule has 164 valence electrons. The molecule has 0 bridgehead atoms. The molecule has 1 N–H and O–H groups in total. The lowest BCUT2D eigenvalue weighted by Gasteiger charge is -2.16. The molecule has 1 fully saturated rings. The first kappa shape index (κ1) is 24.2. The van der Waals surface area contributed by atoms with Crippen LogP contribution in [0, 0.1) is 0 Å². The highest BCUT2D eigenvalue weighted by molar-refractivity contribution is 8.04. The summed E-state index contributed by atoms with van der Waals surface area (Å²) in [5.74, 6) is -1.04. The number of benzene rings is 1. The Bertz CT molecular complexity index is 934. The van der Waals surface area contributed by atoms with Crippen molar-refractivity contribution in [1.82, 2.24) is 9.62 Å². The van der Waals surface area contributed by atoms with Crippen LogP contribution in [0.15, 0.2) is 40.3 Å². The van der Waals surface area contributed by atoms with Crippen molar-refractivity contribution in [2.75, 3.05) is 32.6 Å². The van der Waals surface area contributed by atoms with E-state index >= 15 is 0 Å². The van der Waals surface area contributed by atoms with Gasteiger partial charge in [0.2, 0.25) is 15.9 Å². The third-order valence-corrected chi connectivity index (χ3v) is 6.59. The lowest BCUT2D eigenvalue weighted by molar-refractivity contribution is -0.143. The second kappa shape index (κ2) is 11.3. The summed E-state index contributed by atoms with van der Waals surface area (Å²) in [5, 5.41) is 0.783. The molecule has 1 amide bonds. The molecule has 9 nitrogen and oxygen atoms in total. The number of carbonyl (C=O) groups excluding carboxylic acids is 3. The first-order valence-electron chi connectivity index (χ1n) is 8.86. The zero-order valence-corrected chi connectivity index (χ0v) is 18.5. The van der Waals surface area contributed by atoms with E-state index in [2.05, 4.69) is 9.46 Å². The van der Waals surface area contributed by atoms with Gasteiger partial charge >= 0.3 is 11.9 Å². The lowest BCUT2D eigenvalue weighted by Crippen LogP contribution is -2.28. The molecule has 0 aliphatic carbocycles. The predicted octanol–water partition coefficient (Wildman–Crippen LogP) is 1.53. The summed E-state index contributed by atoms with van der Waals surface area (Å²) >= 11 is 7.02. The zero-order chi connectivity index (χ0) is 22.1. The van der Waals surface area contributed by atoms with Gasteiger partial charge in [0.05, 0.1) is 41.9 Å². The Kier molecular flexibility index (Phi) is 9.15. The van der Waals surface area contributed by atoms with E-state index in [0.717, 1.165) is 0 Å². The van der Waals surface area contributed by atoms with Crippen LogP contribution >= 0.6 is 23.4 Å². The highest BCUT2D eigenvalue weighted by Crippen LogP contribution is 2.28. The van der Waals surface area contributed by atoms with Gasteiger partial charge in [0, 0.05) is 18.1 Å². The molecule has 1 aromatic rings. The normalized spacial score (nSPS) is 15.5. The molecule has 1 aliphatic heterocycles. The summed E-state index contributed by atoms with van der Waals surface area (Å²) in [6.45, 7) is 0.212. The fourth-order valence-corrected chi connectivity index (χ4v) is 4.70. The molecule has 1 aliphatic rings. The van der Waals surface area contributed by atoms with Gasteiger partial charge in [0.15, 0.2) is 0 Å². The van der Waals surface area contributed by atoms with E-state index in [1.165, 1.54) is 48.0 Å². The van der Waals surface area contributed by atoms with Crippen LogP contribution in [0.25, 0.3) is 0 Å². The monoisotopic (exact) mass is 476 g/mol. The first-order chi connectivity index (χ1) is 14.2. The van der Waals surface area contributed by atoms with Crippen LogP contribution in [0.1, 0.15) is 12.8 Å². The van der Waals surface area contributed by atoms with E-state index in [4.69, 9.17) is 16.3 Å². The number of sulfonamides is 1. The Morgan fingerprint density at radius 3 is 2.83 bits per heavy atom. The maximum absolute atomic E-state index is 12.1. The summed E-state index contributed by atoms with van der Waals surface area (Å²) in [7, 11) is -2.52. The number of carbonyl (C=O) groups is 3. The molecule has 0 radical (unpaired) electrons. The third-order valence-electron chi connectivity index (χ3n) is 3.87. The fourth-order valence-electron chi connectivity index (χ4n) is 2.41. The topological polar surface area (TPSA) is 119 Å². The Balaban J connectivity index is 1.70. The summed E-state index contributed by atoms with van der Waals surface area (Å²) in [5.41, 5.74) is 0. The molecule has 30 heavy (non-hydrogen) atoms. The van der Waals surface area contributed by atoms with E-state index in [1.54, 1.807) is 6.07 Å². The quantitative estimate of drug-likeness (QED) is 0.307. The maximum atomic E-state index is 12.1. The van der Waals surface area contributed by atoms with Gasteiger partial charge < -0.3 is 14.4 Å². The smallest absolute Gasteiger partial charge is 0.333 e. The molecule has 2 rings (SSSR count). The Labute approximate surface area is 183 Å². The van der Waals surface area contributed by atoms with Crippen LogP contribution in [0.2, 0.25) is 5.02 Å². The average Bonchev–Trinajstić information content (AvgIpc) is 3.04. The molecule has 0 saturated carbocycles. The molecule has 1 saturated heterocycles. The van der Waals surface area contributed by atoms with Crippen molar-refractivity contribution in [3.63, 3.8) is 0 Å². The van der Waals surface area contributed by atoms with Gasteiger partial charge in [-0.2, -0.15) is 0 Å². The molecule has 0 atom stereocenters. The van der Waals surface area contributed by atoms with E-state index in [9.17, 15) is 22.8 Å². The van der Waals surface area contributed by atoms with E-state index < -0.39 is 22.0 Å². The second-order valence-corrected chi connectivity index (χ2v) is 9.22. The Morgan fingerprint density at radius 2 is 2.13 bits per heavy atom. The van der Waals surface area contributed by atoms with Gasteiger partial charge in [-0.3, -0.25) is 9.59 Å². The summed E-state index contributed by atoms with van der Waals surface area (Å²) in [6.07, 6.45) is 1.46. The van der Waals surface area contributed by atoms with Crippen LogP contribution in [0.3, 0.4) is 0 Å². The molecule has 12 heteroatoms. The lowest BCUT2D eigenvalue weighted by atomic mass is 10.4. The minimum Gasteiger partial charge on any atom is -0.466 e. The number of hydrogen-bond donors (Lipinski definition) is 1. The average molecular weight is 477 g/mol. The van der Waals surface area contributed by atoms with Gasteiger partial charge in [0.1, 0.15) is 0 Å². The Hall–Kier alpha value is -2.08. The first-order valence-corrected chi connectivity index (χ1v) is 11.7. The predicted molar refractivity (Wildman–Crippen MR) is 111 cm³/mol. The number of methoxy groups -OCH3 is 1. The van der Waals surface area contributed by atoms with E-state index in [0.29, 0.717) is 11.4 Å². The van der Waals surface area contributed by atoms with Crippen LogP contribution in [-0.2, 0) is 33.9 Å². The van der Waals surface area contributed by atoms with Gasteiger partial charge in [0.25, 0.3) is 0 Å². The summed E-state index contributed by atoms with van der Waals surface area (Å²) in [4.78, 5) is 36.5. The van der Waals surface area contributed by atoms with Crippen LogP contribution in [0.5, 0.6) is 0 Å². The van der Waals surface area contributed by atoms with Crippen molar-refractivity contribution >= 4 is 51.2 Å². The maximum Gasteiger partial charge on any atom is 0.333 e. The molecule has 1 aromatic carbocycles. The Morgan fingerprint density at radius 1 is 1.37 bits per heavy atom. The minimum absolute atomic E-state index is 0.00679. The molecule has 1 heterocycles. The number of hydrogen-bond acceptors (Lipinski definition) is 8. The number of halogens is 1. The molecular formula is C18H21ClN2O7S2. The number of thioether (sulfide) groups is 1. The van der Waals surface area contributed by atoms with Crippen molar-refractivity contribution < 1.29 is 32.3 Å². The number of nitrogens with one attached hydrogen (secondary N) is 1. The highest BCUT2D eigenvalue weighted by atomic mass is 35.5. The number of rotatable bonds is 10. The number of amides is 1. The van der Waals surface area contributed by atoms with Gasteiger partial charge in [-0.05, 0) is 24.6 Å². The van der Waals surface area contributed by atoms with E-state index in [-0.39, 0.29) is 47.7 Å². The van der Waals surface area contributed by atoms with Gasteiger partial charge in [-0.15, -0.1) is 0 Å². The van der Waals surface area contributed by atoms with Gasteiger partial charge in [-0.1, -0.05) is 29.4 Å². The molecule has 0 spiro atoms. The van der Waals surface area contributed by atoms with Crippen LogP contribution in [0.4, 0.5) is 0 Å². The SMILES string of the molecule is COC(=O)/C=C1/SCC(=O)N1CCCOC(=O)CCNS(=O)(=O)c1cccc(Cl)c1. The minimum atomic E-state index is -3.77. The van der Waals surface area contributed by atoms with Crippen molar-refractivity contribution in [2.24, 2.45) is 0 Å². The second-order valence-electron chi connectivity index (χ2n) is 6.02. The summed E-state index contributed by atoms with van der Waals surface area (Å²) in [6, 6.07) is 5.78. The van der Waals surface area contributed by atoms with Gasteiger partial charge in [-0.25, -0.2) is 17.9 Å². The highest BCUT2D eigenvalue weighted by Gasteiger charge is 2.27. The zero-order valence-electron chi connectivity index (χ0n) is 16.1. The molecular weight excluding hydrogens is 456 g/mol. The van der Waals surface area contributed by atoms with Crippen molar-refractivity contribution in [3.05, 3.63) is 40.4 Å². The fraction of sp³-hybridized carbons (Fsp3) is 0.389. The number of ether oxygens (including phenoxy) is 2. The largest absolute Gasteiger partial charge is 0.466 e. The number of esters is 2. The van der Waals surface area contributed by atoms with Crippen LogP contribution in [-0.4, -0.2) is 63.7 Å². The summed E-state index contributed by atoms with van der Waals surface area (Å²) < 4.78 is 36.2. The van der Waals surface area contributed by atoms with Crippen molar-refractivity contribution in [2.45, 2.75) is 17.7 Å². The third kappa shape index (κ3) is 7.31. The standard InChI is InChI=1S/C18H21ClN2O7S2/c1-27-18(24)11-16-21(15(22)12-29-16)8-3-9-28-17(23)6-7-20-30(25,26)14-5-2-4-13(19)10-14/h2,4-5,10-11,20H,3,6-9,12H2,1H3/b16-11+. The van der Waals surface area contributed by atoms with E-state index in [1.807, 2.05) is 0 Å². The number of nitrogens with zero attached hydrogens (tertiary/aromatic N) is 1. The van der Waals surface area contributed by atoms with Crippen molar-refractivity contribution in [3.8, 4) is 0 Å².